The lowest BCUT2D eigenvalue weighted by atomic mass is 9.74. The molecule has 2 rings (SSSR count). The molecule has 1 saturated carbocycles. The van der Waals surface area contributed by atoms with Crippen molar-refractivity contribution in [2.75, 3.05) is 5.73 Å². The molecule has 0 atom stereocenters. The van der Waals surface area contributed by atoms with Gasteiger partial charge in [0, 0.05) is 5.54 Å². The summed E-state index contributed by atoms with van der Waals surface area (Å²) < 4.78 is 13.4. The van der Waals surface area contributed by atoms with Gasteiger partial charge in [-0.05, 0) is 31.7 Å². The second-order valence-corrected chi connectivity index (χ2v) is 5.08. The Kier molecular flexibility index (Phi) is 3.61. The van der Waals surface area contributed by atoms with E-state index in [9.17, 15) is 19.3 Å². The minimum absolute atomic E-state index is 0.184. The number of amides is 1. The molecule has 1 aromatic carbocycles. The number of nitrogens with two attached hydrogens (primary N) is 1. The first-order valence-corrected chi connectivity index (χ1v) is 6.44. The van der Waals surface area contributed by atoms with Gasteiger partial charge in [0.25, 0.3) is 11.6 Å². The van der Waals surface area contributed by atoms with Crippen molar-refractivity contribution in [2.45, 2.75) is 38.1 Å². The van der Waals surface area contributed by atoms with Crippen LogP contribution in [0.4, 0.5) is 15.8 Å². The summed E-state index contributed by atoms with van der Waals surface area (Å²) >= 11 is 0. The Morgan fingerprint density at radius 1 is 1.55 bits per heavy atom. The summed E-state index contributed by atoms with van der Waals surface area (Å²) in [6.07, 6.45) is 3.49. The highest BCUT2D eigenvalue weighted by Crippen LogP contribution is 2.35. The number of benzene rings is 1. The Labute approximate surface area is 115 Å². The van der Waals surface area contributed by atoms with E-state index in [0.29, 0.717) is 6.07 Å². The summed E-state index contributed by atoms with van der Waals surface area (Å²) in [5.74, 6) is -1.41. The van der Waals surface area contributed by atoms with E-state index in [1.807, 2.05) is 6.92 Å². The van der Waals surface area contributed by atoms with Crippen LogP contribution in [0.1, 0.15) is 43.0 Å². The maximum Gasteiger partial charge on any atom is 0.295 e. The lowest BCUT2D eigenvalue weighted by molar-refractivity contribution is -0.384. The Balaban J connectivity index is 2.32. The molecule has 0 aliphatic heterocycles. The van der Waals surface area contributed by atoms with Gasteiger partial charge >= 0.3 is 0 Å². The predicted octanol–water partition coefficient (Wildman–Crippen LogP) is 2.38. The number of hydrogen-bond acceptors (Lipinski definition) is 4. The number of nitrogens with one attached hydrogen (secondary N) is 1. The second-order valence-electron chi connectivity index (χ2n) is 5.08. The molecule has 7 heteroatoms. The molecular formula is C13H16FN3O3. The number of nitro groups is 1. The van der Waals surface area contributed by atoms with Gasteiger partial charge in [-0.3, -0.25) is 14.9 Å². The molecule has 0 heterocycles. The maximum atomic E-state index is 13.4. The number of carbonyl (C=O) groups excluding carboxylic acids is 1. The van der Waals surface area contributed by atoms with Crippen molar-refractivity contribution >= 4 is 17.3 Å². The minimum Gasteiger partial charge on any atom is -0.393 e. The molecule has 0 spiro atoms. The second kappa shape index (κ2) is 5.07. The Morgan fingerprint density at radius 2 is 2.20 bits per heavy atom. The third-order valence-electron chi connectivity index (χ3n) is 3.93. The lowest BCUT2D eigenvalue weighted by Gasteiger charge is -2.42. The highest BCUT2D eigenvalue weighted by molar-refractivity contribution is 6.01. The van der Waals surface area contributed by atoms with Gasteiger partial charge in [0.1, 0.15) is 11.5 Å². The number of nitrogens with zero attached hydrogens (tertiary/aromatic N) is 1. The van der Waals surface area contributed by atoms with Gasteiger partial charge in [0.05, 0.1) is 16.6 Å². The van der Waals surface area contributed by atoms with E-state index in [1.54, 1.807) is 0 Å². The quantitative estimate of drug-likeness (QED) is 0.503. The van der Waals surface area contributed by atoms with Crippen molar-refractivity contribution in [3.63, 3.8) is 0 Å². The van der Waals surface area contributed by atoms with E-state index in [4.69, 9.17) is 5.73 Å². The van der Waals surface area contributed by atoms with Crippen LogP contribution in [0.2, 0.25) is 0 Å². The number of hydrogen-bond donors (Lipinski definition) is 2. The first kappa shape index (κ1) is 14.2. The summed E-state index contributed by atoms with van der Waals surface area (Å²) in [5.41, 5.74) is 4.24. The molecule has 20 heavy (non-hydrogen) atoms. The zero-order chi connectivity index (χ0) is 14.9. The van der Waals surface area contributed by atoms with E-state index < -0.39 is 22.3 Å². The standard InChI is InChI=1S/C13H16FN3O3/c1-2-13(4-3-5-13)16-12(18)9-6-8(14)7-10(11(9)15)17(19)20/h6-7H,2-5,15H2,1H3,(H,16,18). The van der Waals surface area contributed by atoms with Crippen LogP contribution in [-0.2, 0) is 0 Å². The van der Waals surface area contributed by atoms with Crippen molar-refractivity contribution in [1.29, 1.82) is 0 Å². The largest absolute Gasteiger partial charge is 0.393 e. The summed E-state index contributed by atoms with van der Waals surface area (Å²) in [5, 5.41) is 13.6. The zero-order valence-corrected chi connectivity index (χ0v) is 11.1. The van der Waals surface area contributed by atoms with Gasteiger partial charge in [-0.1, -0.05) is 6.92 Å². The molecular weight excluding hydrogens is 265 g/mol. The summed E-state index contributed by atoms with van der Waals surface area (Å²) in [6, 6.07) is 1.64. The molecule has 1 aliphatic carbocycles. The number of rotatable bonds is 4. The molecule has 1 aromatic rings. The van der Waals surface area contributed by atoms with E-state index in [2.05, 4.69) is 5.32 Å². The van der Waals surface area contributed by atoms with E-state index in [0.717, 1.165) is 31.7 Å². The molecule has 1 fully saturated rings. The molecule has 1 amide bonds. The fourth-order valence-corrected chi connectivity index (χ4v) is 2.42. The molecule has 0 radical (unpaired) electrons. The first-order chi connectivity index (χ1) is 9.38. The lowest BCUT2D eigenvalue weighted by Crippen LogP contribution is -2.53. The summed E-state index contributed by atoms with van der Waals surface area (Å²) in [7, 11) is 0. The Bertz CT molecular complexity index is 565. The average Bonchev–Trinajstić information content (AvgIpc) is 2.35. The van der Waals surface area contributed by atoms with Crippen molar-refractivity contribution in [3.8, 4) is 0 Å². The van der Waals surface area contributed by atoms with Crippen molar-refractivity contribution < 1.29 is 14.1 Å². The molecule has 3 N–H and O–H groups in total. The van der Waals surface area contributed by atoms with Crippen LogP contribution in [-0.4, -0.2) is 16.4 Å². The van der Waals surface area contributed by atoms with E-state index in [-0.39, 0.29) is 16.8 Å². The number of nitrogen functional groups attached to an aromatic ring is 1. The molecule has 0 aromatic heterocycles. The van der Waals surface area contributed by atoms with Gasteiger partial charge in [-0.2, -0.15) is 0 Å². The number of anilines is 1. The summed E-state index contributed by atoms with van der Waals surface area (Å²) in [6.45, 7) is 1.96. The summed E-state index contributed by atoms with van der Waals surface area (Å²) in [4.78, 5) is 22.2. The molecule has 6 nitrogen and oxygen atoms in total. The number of halogens is 1. The van der Waals surface area contributed by atoms with Gasteiger partial charge in [0.2, 0.25) is 0 Å². The third kappa shape index (κ3) is 2.43. The fourth-order valence-electron chi connectivity index (χ4n) is 2.42. The van der Waals surface area contributed by atoms with Crippen LogP contribution in [0.25, 0.3) is 0 Å². The fraction of sp³-hybridized carbons (Fsp3) is 0.462. The molecule has 0 saturated heterocycles. The number of nitro benzene ring substituents is 1. The topological polar surface area (TPSA) is 98.3 Å². The van der Waals surface area contributed by atoms with Crippen molar-refractivity contribution in [2.24, 2.45) is 0 Å². The highest BCUT2D eigenvalue weighted by atomic mass is 19.1. The average molecular weight is 281 g/mol. The van der Waals surface area contributed by atoms with E-state index >= 15 is 0 Å². The van der Waals surface area contributed by atoms with Crippen LogP contribution in [0.5, 0.6) is 0 Å². The smallest absolute Gasteiger partial charge is 0.295 e. The normalized spacial score (nSPS) is 16.3. The monoisotopic (exact) mass is 281 g/mol. The molecule has 0 bridgehead atoms. The molecule has 108 valence electrons. The van der Waals surface area contributed by atoms with Gasteiger partial charge in [-0.15, -0.1) is 0 Å². The van der Waals surface area contributed by atoms with Crippen LogP contribution in [0.3, 0.4) is 0 Å². The SMILES string of the molecule is CCC1(NC(=O)c2cc(F)cc([N+](=O)[O-])c2N)CCC1. The zero-order valence-electron chi connectivity index (χ0n) is 11.1. The van der Waals surface area contributed by atoms with E-state index in [1.165, 1.54) is 0 Å². The van der Waals surface area contributed by atoms with Gasteiger partial charge in [-0.25, -0.2) is 4.39 Å². The third-order valence-corrected chi connectivity index (χ3v) is 3.93. The van der Waals surface area contributed by atoms with Crippen molar-refractivity contribution in [3.05, 3.63) is 33.6 Å². The Morgan fingerprint density at radius 3 is 2.65 bits per heavy atom. The maximum absolute atomic E-state index is 13.4. The van der Waals surface area contributed by atoms with Crippen molar-refractivity contribution in [1.82, 2.24) is 5.32 Å². The van der Waals surface area contributed by atoms with Crippen LogP contribution >= 0.6 is 0 Å². The minimum atomic E-state index is -0.852. The van der Waals surface area contributed by atoms with Crippen LogP contribution < -0.4 is 11.1 Å². The highest BCUT2D eigenvalue weighted by Gasteiger charge is 2.37. The molecule has 1 aliphatic rings. The first-order valence-electron chi connectivity index (χ1n) is 6.44. The molecule has 0 unspecified atom stereocenters. The van der Waals surface area contributed by atoms with Gasteiger partial charge in [0.15, 0.2) is 0 Å². The Hall–Kier alpha value is -2.18. The van der Waals surface area contributed by atoms with Crippen LogP contribution in [0, 0.1) is 15.9 Å². The predicted molar refractivity (Wildman–Crippen MR) is 71.8 cm³/mol. The van der Waals surface area contributed by atoms with Crippen LogP contribution in [0.15, 0.2) is 12.1 Å². The van der Waals surface area contributed by atoms with Gasteiger partial charge < -0.3 is 11.1 Å². The number of carbonyl (C=O) groups is 1.